The molecule has 72 heavy (non-hydrogen) atoms. The third-order valence-electron chi connectivity index (χ3n) is 20.1. The van der Waals surface area contributed by atoms with Crippen LogP contribution in [0.4, 0.5) is 0 Å². The lowest BCUT2D eigenvalue weighted by molar-refractivity contribution is 0.270. The van der Waals surface area contributed by atoms with E-state index in [1.807, 2.05) is 0 Å². The molecule has 15 aliphatic rings. The monoisotopic (exact) mass is 944 g/mol. The highest BCUT2D eigenvalue weighted by Gasteiger charge is 2.47. The van der Waals surface area contributed by atoms with Gasteiger partial charge in [-0.15, -0.1) is 0 Å². The van der Waals surface area contributed by atoms with E-state index in [0.717, 1.165) is 64.2 Å². The van der Waals surface area contributed by atoms with Gasteiger partial charge in [-0.25, -0.2) is 0 Å². The normalized spacial score (nSPS) is 32.6. The zero-order chi connectivity index (χ0) is 47.0. The molecule has 0 saturated carbocycles. The van der Waals surface area contributed by atoms with Crippen LogP contribution in [0.15, 0.2) is 204 Å². The number of hydrogen-bond acceptors (Lipinski definition) is 4. The standard InChI is InChI=1S/C68H69N3O/c1-2-15-47(16-3-1)69-60-23-11-8-20-52(60)57-36-42(28-33-62(57)69)44-26-31-54-55-32-27-45(39-65(55)70(64(54)38-44)48-30-35-68-59(41-48)56-22-10-13-25-67(56)72-68)43-29-34-63-58(37-43)53-21-9-12-24-61(53)71(63)66-40-46-14-4-5-17-49(46)50-18-6-7-19-51(50)66/h2,4,6,8-10,12,14-16,18,20,22,24,31,36-37,39-41,44,46,49,53,57,62,64H,1,3,5,7,11,13,17,19,21,23,25-30,32-35,38H2. The third kappa shape index (κ3) is 6.48. The summed E-state index contributed by atoms with van der Waals surface area (Å²) >= 11 is 0. The number of hydrogen-bond donors (Lipinski definition) is 0. The van der Waals surface area contributed by atoms with Gasteiger partial charge in [0.25, 0.3) is 0 Å². The van der Waals surface area contributed by atoms with E-state index >= 15 is 0 Å². The van der Waals surface area contributed by atoms with E-state index in [4.69, 9.17) is 4.42 Å². The first kappa shape index (κ1) is 42.5. The first-order valence-electron chi connectivity index (χ1n) is 28.8. The Morgan fingerprint density at radius 3 is 2.42 bits per heavy atom. The molecule has 0 fully saturated rings. The van der Waals surface area contributed by atoms with Crippen molar-refractivity contribution in [2.45, 2.75) is 147 Å². The zero-order valence-corrected chi connectivity index (χ0v) is 42.2. The van der Waals surface area contributed by atoms with Gasteiger partial charge in [-0.05, 0) is 203 Å². The van der Waals surface area contributed by atoms with Crippen molar-refractivity contribution in [2.24, 2.45) is 29.6 Å². The van der Waals surface area contributed by atoms with E-state index in [-0.39, 0.29) is 0 Å². The summed E-state index contributed by atoms with van der Waals surface area (Å²) in [4.78, 5) is 8.49. The van der Waals surface area contributed by atoms with Crippen molar-refractivity contribution in [3.8, 4) is 0 Å². The molecule has 0 spiro atoms. The maximum absolute atomic E-state index is 6.62. The number of nitrogens with zero attached hydrogens (tertiary/aromatic N) is 3. The largest absolute Gasteiger partial charge is 0.465 e. The molecule has 0 amide bonds. The van der Waals surface area contributed by atoms with Crippen LogP contribution in [0.2, 0.25) is 0 Å². The first-order chi connectivity index (χ1) is 35.7. The molecule has 362 valence electrons. The average molecular weight is 944 g/mol. The quantitative estimate of drug-likeness (QED) is 0.274. The molecule has 7 unspecified atom stereocenters. The summed E-state index contributed by atoms with van der Waals surface area (Å²) in [5.41, 5.74) is 28.1. The zero-order valence-electron chi connectivity index (χ0n) is 42.2. The summed E-state index contributed by atoms with van der Waals surface area (Å²) in [5.74, 6) is 5.06. The SMILES string of the molecule is C1=CCC2C(=C1)N(C1=CC3C=CCCC3C3=C1CCC=C3)C1=C2C=C(C2=CC3=C(CC2)C2=CCC(C4=CC5C6=C(CCC=C6)N(C6=CCCC=C6)C5CC4)CC2N3C2=Cc3c(oc4c3C=CCC4)CC2)CC1. The van der Waals surface area contributed by atoms with Gasteiger partial charge in [0.15, 0.2) is 0 Å². The molecule has 3 aliphatic heterocycles. The second-order valence-corrected chi connectivity index (χ2v) is 23.6. The fourth-order valence-corrected chi connectivity index (χ4v) is 16.8. The number of allylic oxidation sites excluding steroid dienone is 26. The van der Waals surface area contributed by atoms with Crippen LogP contribution < -0.4 is 0 Å². The van der Waals surface area contributed by atoms with Crippen molar-refractivity contribution in [2.75, 3.05) is 0 Å². The van der Waals surface area contributed by atoms with Crippen LogP contribution in [0.5, 0.6) is 0 Å². The Bertz CT molecular complexity index is 3220. The summed E-state index contributed by atoms with van der Waals surface area (Å²) in [5, 5.41) is 0. The number of aryl methyl sites for hydroxylation is 2. The highest BCUT2D eigenvalue weighted by atomic mass is 16.3. The molecule has 0 N–H and O–H groups in total. The fourth-order valence-electron chi connectivity index (χ4n) is 16.8. The van der Waals surface area contributed by atoms with Crippen molar-refractivity contribution in [3.63, 3.8) is 0 Å². The predicted molar refractivity (Wildman–Crippen MR) is 292 cm³/mol. The molecule has 0 bridgehead atoms. The van der Waals surface area contributed by atoms with Crippen LogP contribution in [-0.4, -0.2) is 26.8 Å². The molecule has 1 aromatic rings. The number of rotatable bonds is 5. The second kappa shape index (κ2) is 16.8. The van der Waals surface area contributed by atoms with E-state index in [9.17, 15) is 0 Å². The van der Waals surface area contributed by atoms with Crippen LogP contribution in [0, 0.1) is 29.6 Å². The smallest absolute Gasteiger partial charge is 0.112 e. The molecule has 1 aromatic heterocycles. The predicted octanol–water partition coefficient (Wildman–Crippen LogP) is 16.3. The molecular weight excluding hydrogens is 875 g/mol. The van der Waals surface area contributed by atoms with Crippen molar-refractivity contribution in [3.05, 3.63) is 222 Å². The lowest BCUT2D eigenvalue weighted by Gasteiger charge is -2.40. The molecule has 4 nitrogen and oxygen atoms in total. The van der Waals surface area contributed by atoms with E-state index in [0.29, 0.717) is 41.7 Å². The Balaban J connectivity index is 0.754. The Morgan fingerprint density at radius 2 is 1.46 bits per heavy atom. The van der Waals surface area contributed by atoms with Gasteiger partial charge in [0, 0.05) is 87.6 Å². The third-order valence-corrected chi connectivity index (χ3v) is 20.1. The minimum absolute atomic E-state index is 0.381. The number of fused-ring (bicyclic) bond motifs is 11. The van der Waals surface area contributed by atoms with Gasteiger partial charge in [-0.1, -0.05) is 103 Å². The molecule has 12 aliphatic carbocycles. The van der Waals surface area contributed by atoms with E-state index in [1.165, 1.54) is 122 Å². The molecule has 4 heteroatoms. The summed E-state index contributed by atoms with van der Waals surface area (Å²) < 4.78 is 6.62. The van der Waals surface area contributed by atoms with E-state index < -0.39 is 0 Å². The van der Waals surface area contributed by atoms with Gasteiger partial charge in [0.2, 0.25) is 0 Å². The Kier molecular flexibility index (Phi) is 9.90. The van der Waals surface area contributed by atoms with Crippen molar-refractivity contribution in [1.82, 2.24) is 14.7 Å². The maximum atomic E-state index is 6.62. The van der Waals surface area contributed by atoms with Crippen LogP contribution in [0.25, 0.3) is 12.2 Å². The lowest BCUT2D eigenvalue weighted by Crippen LogP contribution is -2.37. The van der Waals surface area contributed by atoms with Crippen LogP contribution >= 0.6 is 0 Å². The molecule has 4 heterocycles. The lowest BCUT2D eigenvalue weighted by atomic mass is 9.70. The molecule has 0 saturated heterocycles. The molecule has 16 rings (SSSR count). The fraction of sp³-hybridized carbons (Fsp3) is 0.412. The Morgan fingerprint density at radius 1 is 0.583 bits per heavy atom. The van der Waals surface area contributed by atoms with Crippen LogP contribution in [-0.2, 0) is 12.8 Å². The minimum Gasteiger partial charge on any atom is -0.465 e. The van der Waals surface area contributed by atoms with Gasteiger partial charge in [0.1, 0.15) is 11.5 Å². The summed E-state index contributed by atoms with van der Waals surface area (Å²) in [7, 11) is 0. The maximum Gasteiger partial charge on any atom is 0.112 e. The summed E-state index contributed by atoms with van der Waals surface area (Å²) in [6.07, 6.45) is 74.5. The second-order valence-electron chi connectivity index (χ2n) is 23.6. The van der Waals surface area contributed by atoms with Gasteiger partial charge >= 0.3 is 0 Å². The van der Waals surface area contributed by atoms with Crippen molar-refractivity contribution >= 4 is 12.2 Å². The van der Waals surface area contributed by atoms with Crippen molar-refractivity contribution in [1.29, 1.82) is 0 Å². The van der Waals surface area contributed by atoms with Gasteiger partial charge in [-0.3, -0.25) is 0 Å². The molecule has 0 radical (unpaired) electrons. The highest BCUT2D eigenvalue weighted by molar-refractivity contribution is 5.73. The number of furan rings is 1. The van der Waals surface area contributed by atoms with Crippen LogP contribution in [0.3, 0.4) is 0 Å². The summed E-state index contributed by atoms with van der Waals surface area (Å²) in [6, 6.07) is 0.935. The van der Waals surface area contributed by atoms with Crippen LogP contribution in [0.1, 0.15) is 145 Å². The molecular formula is C68H69N3O. The molecule has 0 aromatic carbocycles. The van der Waals surface area contributed by atoms with E-state index in [2.05, 4.69) is 136 Å². The Hall–Kier alpha value is -6.00. The molecule has 7 atom stereocenters. The van der Waals surface area contributed by atoms with Crippen molar-refractivity contribution < 1.29 is 4.42 Å². The summed E-state index contributed by atoms with van der Waals surface area (Å²) in [6.45, 7) is 0. The van der Waals surface area contributed by atoms with Gasteiger partial charge in [0.05, 0.1) is 6.04 Å². The van der Waals surface area contributed by atoms with E-state index in [1.54, 1.807) is 61.6 Å². The average Bonchev–Trinajstić information content (AvgIpc) is 4.18. The van der Waals surface area contributed by atoms with Gasteiger partial charge < -0.3 is 19.1 Å². The topological polar surface area (TPSA) is 22.9 Å². The van der Waals surface area contributed by atoms with Gasteiger partial charge in [-0.2, -0.15) is 0 Å². The highest BCUT2D eigenvalue weighted by Crippen LogP contribution is 2.57. The first-order valence-corrected chi connectivity index (χ1v) is 28.8. The Labute approximate surface area is 427 Å². The minimum atomic E-state index is 0.381.